The van der Waals surface area contributed by atoms with Crippen LogP contribution in [0, 0.1) is 5.82 Å². The fraction of sp³-hybridized carbons (Fsp3) is 0.250. The van der Waals surface area contributed by atoms with Crippen LogP contribution in [0.25, 0.3) is 22.4 Å². The van der Waals surface area contributed by atoms with Crippen LogP contribution in [0.1, 0.15) is 18.3 Å². The van der Waals surface area contributed by atoms with Crippen molar-refractivity contribution in [1.82, 2.24) is 20.4 Å². The number of fused-ring (bicyclic) bond motifs is 1. The van der Waals surface area contributed by atoms with E-state index in [0.717, 1.165) is 5.56 Å². The summed E-state index contributed by atoms with van der Waals surface area (Å²) in [4.78, 5) is 21.3. The van der Waals surface area contributed by atoms with E-state index in [9.17, 15) is 9.18 Å². The van der Waals surface area contributed by atoms with Gasteiger partial charge in [0.15, 0.2) is 6.61 Å². The van der Waals surface area contributed by atoms with E-state index in [-0.39, 0.29) is 36.5 Å². The smallest absolute Gasteiger partial charge is 0.265 e. The van der Waals surface area contributed by atoms with Crippen LogP contribution in [-0.2, 0) is 17.8 Å². The zero-order chi connectivity index (χ0) is 24.1. The Labute approximate surface area is 194 Å². The highest BCUT2D eigenvalue weighted by Gasteiger charge is 2.20. The number of ether oxygens (including phenoxy) is 3. The van der Waals surface area contributed by atoms with E-state index in [1.807, 2.05) is 13.0 Å². The zero-order valence-corrected chi connectivity index (χ0v) is 18.9. The van der Waals surface area contributed by atoms with E-state index in [4.69, 9.17) is 18.7 Å². The van der Waals surface area contributed by atoms with Crippen LogP contribution in [0.4, 0.5) is 4.39 Å². The molecule has 0 radical (unpaired) electrons. The molecule has 176 valence electrons. The number of hydrogen-bond acceptors (Lipinski definition) is 8. The minimum absolute atomic E-state index is 0.166. The minimum Gasteiger partial charge on any atom is -0.497 e. The number of nitrogens with zero attached hydrogens (tertiary/aromatic N) is 3. The SMILES string of the molecule is CCc1nc(OCC(=O)NCc2ccc(OC)cc2OC)c2c(-c3ccc(F)cc3)noc2n1. The van der Waals surface area contributed by atoms with Gasteiger partial charge >= 0.3 is 0 Å². The molecule has 0 aliphatic heterocycles. The molecule has 0 spiro atoms. The van der Waals surface area contributed by atoms with E-state index >= 15 is 0 Å². The topological polar surface area (TPSA) is 109 Å². The molecule has 2 aromatic carbocycles. The average molecular weight is 466 g/mol. The molecule has 1 amide bonds. The molecular weight excluding hydrogens is 443 g/mol. The first-order valence-corrected chi connectivity index (χ1v) is 10.5. The lowest BCUT2D eigenvalue weighted by atomic mass is 10.1. The number of rotatable bonds is 9. The monoisotopic (exact) mass is 466 g/mol. The summed E-state index contributed by atoms with van der Waals surface area (Å²) in [6, 6.07) is 11.1. The number of nitrogens with one attached hydrogen (secondary N) is 1. The number of hydrogen-bond donors (Lipinski definition) is 1. The zero-order valence-electron chi connectivity index (χ0n) is 18.9. The maximum atomic E-state index is 13.4. The summed E-state index contributed by atoms with van der Waals surface area (Å²) in [7, 11) is 3.12. The molecule has 4 rings (SSSR count). The number of aromatic nitrogens is 3. The van der Waals surface area contributed by atoms with Gasteiger partial charge in [-0.2, -0.15) is 9.97 Å². The molecule has 0 saturated heterocycles. The Kier molecular flexibility index (Phi) is 6.86. The van der Waals surface area contributed by atoms with Crippen molar-refractivity contribution in [2.24, 2.45) is 0 Å². The van der Waals surface area contributed by atoms with Crippen LogP contribution >= 0.6 is 0 Å². The molecule has 2 aromatic heterocycles. The first-order chi connectivity index (χ1) is 16.5. The molecule has 4 aromatic rings. The molecule has 0 aliphatic rings. The van der Waals surface area contributed by atoms with Crippen LogP contribution in [0.5, 0.6) is 17.4 Å². The summed E-state index contributed by atoms with van der Waals surface area (Å²) in [6.07, 6.45) is 0.530. The quantitative estimate of drug-likeness (QED) is 0.398. The van der Waals surface area contributed by atoms with Gasteiger partial charge in [0.25, 0.3) is 11.6 Å². The predicted octanol–water partition coefficient (Wildman–Crippen LogP) is 3.70. The van der Waals surface area contributed by atoms with Gasteiger partial charge in [-0.15, -0.1) is 0 Å². The van der Waals surface area contributed by atoms with Crippen molar-refractivity contribution >= 4 is 17.0 Å². The van der Waals surface area contributed by atoms with Crippen LogP contribution in [0.3, 0.4) is 0 Å². The van der Waals surface area contributed by atoms with Gasteiger partial charge in [-0.25, -0.2) is 4.39 Å². The summed E-state index contributed by atoms with van der Waals surface area (Å²) < 4.78 is 35.0. The van der Waals surface area contributed by atoms with E-state index in [0.29, 0.717) is 40.4 Å². The number of aryl methyl sites for hydroxylation is 1. The predicted molar refractivity (Wildman–Crippen MR) is 121 cm³/mol. The lowest BCUT2D eigenvalue weighted by molar-refractivity contribution is -0.123. The van der Waals surface area contributed by atoms with Crippen molar-refractivity contribution in [3.05, 3.63) is 59.7 Å². The maximum Gasteiger partial charge on any atom is 0.265 e. The van der Waals surface area contributed by atoms with Gasteiger partial charge in [0, 0.05) is 30.2 Å². The van der Waals surface area contributed by atoms with Crippen LogP contribution < -0.4 is 19.5 Å². The van der Waals surface area contributed by atoms with Crippen molar-refractivity contribution in [3.8, 4) is 28.6 Å². The van der Waals surface area contributed by atoms with Gasteiger partial charge in [-0.05, 0) is 36.4 Å². The first kappa shape index (κ1) is 23.0. The van der Waals surface area contributed by atoms with Crippen molar-refractivity contribution < 1.29 is 27.9 Å². The highest BCUT2D eigenvalue weighted by molar-refractivity contribution is 5.93. The molecule has 10 heteroatoms. The molecule has 0 unspecified atom stereocenters. The van der Waals surface area contributed by atoms with Crippen molar-refractivity contribution in [2.45, 2.75) is 19.9 Å². The largest absolute Gasteiger partial charge is 0.497 e. The van der Waals surface area contributed by atoms with Crippen LogP contribution in [0.2, 0.25) is 0 Å². The molecule has 2 heterocycles. The Morgan fingerprint density at radius 2 is 1.88 bits per heavy atom. The average Bonchev–Trinajstić information content (AvgIpc) is 3.30. The lowest BCUT2D eigenvalue weighted by Crippen LogP contribution is -2.28. The second-order valence-electron chi connectivity index (χ2n) is 7.26. The first-order valence-electron chi connectivity index (χ1n) is 10.5. The molecule has 0 saturated carbocycles. The Hall–Kier alpha value is -4.21. The molecular formula is C24H23FN4O5. The third-order valence-corrected chi connectivity index (χ3v) is 5.09. The second kappa shape index (κ2) is 10.2. The fourth-order valence-electron chi connectivity index (χ4n) is 3.31. The van der Waals surface area contributed by atoms with Crippen LogP contribution in [-0.4, -0.2) is 41.9 Å². The molecule has 9 nitrogen and oxygen atoms in total. The molecule has 0 aliphatic carbocycles. The van der Waals surface area contributed by atoms with Gasteiger partial charge in [0.2, 0.25) is 5.88 Å². The van der Waals surface area contributed by atoms with E-state index in [2.05, 4.69) is 20.4 Å². The summed E-state index contributed by atoms with van der Waals surface area (Å²) in [5.74, 6) is 1.16. The van der Waals surface area contributed by atoms with Crippen molar-refractivity contribution in [2.75, 3.05) is 20.8 Å². The van der Waals surface area contributed by atoms with E-state index < -0.39 is 0 Å². The maximum absolute atomic E-state index is 13.4. The Morgan fingerprint density at radius 3 is 2.59 bits per heavy atom. The van der Waals surface area contributed by atoms with E-state index in [1.165, 1.54) is 12.1 Å². The Balaban J connectivity index is 1.52. The van der Waals surface area contributed by atoms with Crippen molar-refractivity contribution in [1.29, 1.82) is 0 Å². The van der Waals surface area contributed by atoms with Gasteiger partial charge in [-0.3, -0.25) is 4.79 Å². The highest BCUT2D eigenvalue weighted by Crippen LogP contribution is 2.33. The number of halogens is 1. The summed E-state index contributed by atoms with van der Waals surface area (Å²) in [5.41, 5.74) is 2.02. The molecule has 0 bridgehead atoms. The minimum atomic E-state index is -0.372. The second-order valence-corrected chi connectivity index (χ2v) is 7.26. The van der Waals surface area contributed by atoms with Gasteiger partial charge in [0.05, 0.1) is 14.2 Å². The highest BCUT2D eigenvalue weighted by atomic mass is 19.1. The number of benzene rings is 2. The molecule has 0 fully saturated rings. The fourth-order valence-corrected chi connectivity index (χ4v) is 3.31. The molecule has 1 N–H and O–H groups in total. The molecule has 34 heavy (non-hydrogen) atoms. The number of methoxy groups -OCH3 is 2. The standard InChI is InChI=1S/C24H23FN4O5/c1-4-19-27-23(21-22(29-34-24(21)28-19)14-5-8-16(25)9-6-14)33-13-20(30)26-12-15-7-10-17(31-2)11-18(15)32-3/h5-11H,4,12-13H2,1-3H3,(H,26,30). The number of carbonyl (C=O) groups excluding carboxylic acids is 1. The summed E-state index contributed by atoms with van der Waals surface area (Å²) >= 11 is 0. The number of amides is 1. The normalized spacial score (nSPS) is 10.8. The van der Waals surface area contributed by atoms with Gasteiger partial charge in [-0.1, -0.05) is 12.1 Å². The summed E-state index contributed by atoms with van der Waals surface area (Å²) in [5, 5.41) is 7.27. The summed E-state index contributed by atoms with van der Waals surface area (Å²) in [6.45, 7) is 1.84. The Morgan fingerprint density at radius 1 is 1.09 bits per heavy atom. The van der Waals surface area contributed by atoms with Crippen LogP contribution in [0.15, 0.2) is 47.0 Å². The van der Waals surface area contributed by atoms with Gasteiger partial charge in [0.1, 0.15) is 34.2 Å². The lowest BCUT2D eigenvalue weighted by Gasteiger charge is -2.12. The Bertz CT molecular complexity index is 1310. The van der Waals surface area contributed by atoms with Gasteiger partial charge < -0.3 is 24.1 Å². The third-order valence-electron chi connectivity index (χ3n) is 5.09. The molecule has 0 atom stereocenters. The van der Waals surface area contributed by atoms with Crippen molar-refractivity contribution in [3.63, 3.8) is 0 Å². The van der Waals surface area contributed by atoms with E-state index in [1.54, 1.807) is 38.5 Å². The number of carbonyl (C=O) groups is 1. The third kappa shape index (κ3) is 4.90.